The monoisotopic (exact) mass is 473 g/mol. The van der Waals surface area contributed by atoms with E-state index in [9.17, 15) is 9.50 Å². The van der Waals surface area contributed by atoms with Gasteiger partial charge in [0.2, 0.25) is 0 Å². The number of aliphatic imine (C=N–C) groups is 1. The van der Waals surface area contributed by atoms with Crippen molar-refractivity contribution in [3.05, 3.63) is 59.4 Å². The zero-order valence-corrected chi connectivity index (χ0v) is 17.5. The third-order valence-corrected chi connectivity index (χ3v) is 3.81. The molecule has 7 heteroatoms. The summed E-state index contributed by atoms with van der Waals surface area (Å²) in [5, 5.41) is 12.4. The lowest BCUT2D eigenvalue weighted by molar-refractivity contribution is 0.280. The molecule has 2 N–H and O–H groups in total. The van der Waals surface area contributed by atoms with E-state index < -0.39 is 5.82 Å². The first kappa shape index (κ1) is 22.0. The Hall–Kier alpha value is -2.03. The fraction of sp³-hybridized carbons (Fsp3) is 0.316. The van der Waals surface area contributed by atoms with Gasteiger partial charge in [0, 0.05) is 20.6 Å². The molecule has 0 amide bonds. The van der Waals surface area contributed by atoms with Crippen molar-refractivity contribution in [2.24, 2.45) is 4.99 Å². The maximum Gasteiger partial charge on any atom is 0.193 e. The highest BCUT2D eigenvalue weighted by Crippen LogP contribution is 2.16. The number of phenolic OH excluding ortho intramolecular Hbond substituents is 1. The summed E-state index contributed by atoms with van der Waals surface area (Å²) in [6.07, 6.45) is 0. The number of aromatic hydroxyl groups is 1. The Bertz CT molecular complexity index is 740. The second-order valence-corrected chi connectivity index (χ2v) is 5.72. The van der Waals surface area contributed by atoms with E-state index in [0.717, 1.165) is 16.9 Å². The molecule has 26 heavy (non-hydrogen) atoms. The molecule has 0 aliphatic rings. The largest absolute Gasteiger partial charge is 0.505 e. The summed E-state index contributed by atoms with van der Waals surface area (Å²) < 4.78 is 19.2. The summed E-state index contributed by atoms with van der Waals surface area (Å²) in [7, 11) is 3.60. The van der Waals surface area contributed by atoms with Crippen molar-refractivity contribution >= 4 is 29.9 Å². The average Bonchev–Trinajstić information content (AvgIpc) is 2.60. The van der Waals surface area contributed by atoms with Gasteiger partial charge in [0.15, 0.2) is 17.5 Å². The maximum atomic E-state index is 13.4. The van der Waals surface area contributed by atoms with Crippen LogP contribution < -0.4 is 10.1 Å². The lowest BCUT2D eigenvalue weighted by Gasteiger charge is -2.22. The van der Waals surface area contributed by atoms with Crippen LogP contribution in [0.2, 0.25) is 0 Å². The van der Waals surface area contributed by atoms with Crippen molar-refractivity contribution in [2.75, 3.05) is 27.2 Å². The zero-order chi connectivity index (χ0) is 18.2. The molecule has 0 spiro atoms. The number of ether oxygens (including phenoxy) is 1. The van der Waals surface area contributed by atoms with Gasteiger partial charge < -0.3 is 20.1 Å². The number of aryl methyl sites for hydroxylation is 1. The molecule has 0 aliphatic carbocycles. The highest BCUT2D eigenvalue weighted by molar-refractivity contribution is 14.0. The first-order chi connectivity index (χ1) is 12.0. The van der Waals surface area contributed by atoms with E-state index in [2.05, 4.69) is 10.3 Å². The van der Waals surface area contributed by atoms with Crippen LogP contribution in [0.5, 0.6) is 11.5 Å². The number of halogens is 2. The fourth-order valence-electron chi connectivity index (χ4n) is 2.34. The molecule has 0 bridgehead atoms. The summed E-state index contributed by atoms with van der Waals surface area (Å²) in [5.41, 5.74) is 1.82. The minimum atomic E-state index is -0.630. The molecule has 0 aliphatic heterocycles. The van der Waals surface area contributed by atoms with Crippen molar-refractivity contribution in [1.82, 2.24) is 10.2 Å². The highest BCUT2D eigenvalue weighted by atomic mass is 127. The van der Waals surface area contributed by atoms with Crippen LogP contribution in [0.4, 0.5) is 4.39 Å². The van der Waals surface area contributed by atoms with Crippen LogP contribution in [0, 0.1) is 12.7 Å². The molecular formula is C19H25FIN3O2. The normalized spacial score (nSPS) is 10.8. The summed E-state index contributed by atoms with van der Waals surface area (Å²) in [4.78, 5) is 6.16. The van der Waals surface area contributed by atoms with E-state index in [1.54, 1.807) is 13.1 Å². The number of nitrogens with zero attached hydrogens (tertiary/aromatic N) is 2. The predicted octanol–water partition coefficient (Wildman–Crippen LogP) is 3.54. The quantitative estimate of drug-likeness (QED) is 0.383. The van der Waals surface area contributed by atoms with Gasteiger partial charge in [-0.3, -0.25) is 4.99 Å². The number of rotatable bonds is 6. The molecule has 2 aromatic rings. The molecule has 0 fully saturated rings. The number of likely N-dealkylation sites (N-methyl/N-ethyl adjacent to an activating group) is 1. The fourth-order valence-corrected chi connectivity index (χ4v) is 2.34. The van der Waals surface area contributed by atoms with Crippen molar-refractivity contribution in [3.8, 4) is 11.5 Å². The number of guanidine groups is 1. The highest BCUT2D eigenvalue weighted by Gasteiger charge is 2.08. The standard InChI is InChI=1S/C19H24FN3O2.HI/c1-14-6-4-5-7-18(14)25-11-10-23(3)19(21-2)22-13-15-8-9-17(24)16(20)12-15;/h4-9,12,24H,10-11,13H2,1-3H3,(H,21,22);1H. The Morgan fingerprint density at radius 2 is 2.00 bits per heavy atom. The van der Waals surface area contributed by atoms with Crippen LogP contribution in [0.15, 0.2) is 47.5 Å². The third kappa shape index (κ3) is 6.36. The van der Waals surface area contributed by atoms with E-state index in [1.807, 2.05) is 43.1 Å². The van der Waals surface area contributed by atoms with Crippen LogP contribution in [0.1, 0.15) is 11.1 Å². The number of benzene rings is 2. The molecule has 0 saturated carbocycles. The van der Waals surface area contributed by atoms with E-state index in [1.165, 1.54) is 12.1 Å². The lowest BCUT2D eigenvalue weighted by Crippen LogP contribution is -2.40. The van der Waals surface area contributed by atoms with E-state index in [4.69, 9.17) is 4.74 Å². The Morgan fingerprint density at radius 3 is 2.65 bits per heavy atom. The van der Waals surface area contributed by atoms with Crippen molar-refractivity contribution < 1.29 is 14.2 Å². The topological polar surface area (TPSA) is 57.1 Å². The molecular weight excluding hydrogens is 448 g/mol. The van der Waals surface area contributed by atoms with Gasteiger partial charge in [-0.1, -0.05) is 24.3 Å². The summed E-state index contributed by atoms with van der Waals surface area (Å²) in [5.74, 6) is 0.577. The number of hydrogen-bond acceptors (Lipinski definition) is 3. The number of phenols is 1. The Balaban J connectivity index is 0.00000338. The van der Waals surface area contributed by atoms with Gasteiger partial charge in [-0.05, 0) is 36.2 Å². The van der Waals surface area contributed by atoms with Crippen LogP contribution in [0.25, 0.3) is 0 Å². The molecule has 0 radical (unpaired) electrons. The van der Waals surface area contributed by atoms with Gasteiger partial charge in [0.25, 0.3) is 0 Å². The van der Waals surface area contributed by atoms with E-state index >= 15 is 0 Å². The number of nitrogens with one attached hydrogen (secondary N) is 1. The van der Waals surface area contributed by atoms with Gasteiger partial charge in [0.05, 0.1) is 6.54 Å². The first-order valence-corrected chi connectivity index (χ1v) is 8.09. The van der Waals surface area contributed by atoms with Crippen molar-refractivity contribution in [1.29, 1.82) is 0 Å². The molecule has 0 unspecified atom stereocenters. The van der Waals surface area contributed by atoms with E-state index in [0.29, 0.717) is 25.7 Å². The minimum Gasteiger partial charge on any atom is -0.505 e. The van der Waals surface area contributed by atoms with Crippen LogP contribution in [-0.4, -0.2) is 43.2 Å². The number of para-hydroxylation sites is 1. The molecule has 2 aromatic carbocycles. The van der Waals surface area contributed by atoms with Crippen LogP contribution >= 0.6 is 24.0 Å². The summed E-state index contributed by atoms with van der Waals surface area (Å²) in [6, 6.07) is 12.2. The van der Waals surface area contributed by atoms with E-state index in [-0.39, 0.29) is 29.7 Å². The van der Waals surface area contributed by atoms with Gasteiger partial charge in [0.1, 0.15) is 12.4 Å². The molecule has 0 saturated heterocycles. The summed E-state index contributed by atoms with van der Waals surface area (Å²) >= 11 is 0. The van der Waals surface area contributed by atoms with Crippen LogP contribution in [0.3, 0.4) is 0 Å². The number of hydrogen-bond donors (Lipinski definition) is 2. The molecule has 0 atom stereocenters. The van der Waals surface area contributed by atoms with Crippen molar-refractivity contribution in [3.63, 3.8) is 0 Å². The van der Waals surface area contributed by atoms with Crippen molar-refractivity contribution in [2.45, 2.75) is 13.5 Å². The average molecular weight is 473 g/mol. The predicted molar refractivity (Wildman–Crippen MR) is 113 cm³/mol. The van der Waals surface area contributed by atoms with Gasteiger partial charge in [-0.25, -0.2) is 4.39 Å². The molecule has 2 rings (SSSR count). The lowest BCUT2D eigenvalue weighted by atomic mass is 10.2. The third-order valence-electron chi connectivity index (χ3n) is 3.81. The Morgan fingerprint density at radius 1 is 1.27 bits per heavy atom. The zero-order valence-electron chi connectivity index (χ0n) is 15.2. The molecule has 5 nitrogen and oxygen atoms in total. The molecule has 0 aromatic heterocycles. The maximum absolute atomic E-state index is 13.4. The van der Waals surface area contributed by atoms with Gasteiger partial charge >= 0.3 is 0 Å². The smallest absolute Gasteiger partial charge is 0.193 e. The Labute approximate surface area is 170 Å². The minimum absolute atomic E-state index is 0. The SMILES string of the molecule is CN=C(NCc1ccc(O)c(F)c1)N(C)CCOc1ccccc1C.I. The second-order valence-electron chi connectivity index (χ2n) is 5.72. The molecule has 142 valence electrons. The first-order valence-electron chi connectivity index (χ1n) is 8.09. The summed E-state index contributed by atoms with van der Waals surface area (Å²) in [6.45, 7) is 3.59. The van der Waals surface area contributed by atoms with Crippen LogP contribution in [-0.2, 0) is 6.54 Å². The second kappa shape index (κ2) is 10.8. The van der Waals surface area contributed by atoms with Gasteiger partial charge in [-0.2, -0.15) is 0 Å². The molecule has 0 heterocycles. The van der Waals surface area contributed by atoms with Gasteiger partial charge in [-0.15, -0.1) is 24.0 Å². The Kier molecular flexibility index (Phi) is 9.18.